The van der Waals surface area contributed by atoms with Crippen molar-refractivity contribution in [3.05, 3.63) is 53.1 Å². The standard InChI is InChI=1S/C19H21ClF2N2O3/c1-12(18(25)23-15-6-4-5-14(20)10-15)24(2)11-13-7-8-16(27-19(21)22)17(9-13)26-3/h4-10,12,19H,11H2,1-3H3,(H,23,25)/t12-/m1/s1. The van der Waals surface area contributed by atoms with Crippen LogP contribution in [0.3, 0.4) is 0 Å². The predicted molar refractivity (Wildman–Crippen MR) is 101 cm³/mol. The zero-order chi connectivity index (χ0) is 20.0. The molecule has 27 heavy (non-hydrogen) atoms. The molecule has 1 atom stereocenters. The van der Waals surface area contributed by atoms with Gasteiger partial charge in [0, 0.05) is 17.3 Å². The van der Waals surface area contributed by atoms with Gasteiger partial charge in [-0.05, 0) is 49.9 Å². The molecule has 0 aromatic heterocycles. The van der Waals surface area contributed by atoms with E-state index in [4.69, 9.17) is 16.3 Å². The van der Waals surface area contributed by atoms with Gasteiger partial charge in [0.05, 0.1) is 13.2 Å². The topological polar surface area (TPSA) is 50.8 Å². The number of ether oxygens (including phenoxy) is 2. The van der Waals surface area contributed by atoms with E-state index in [0.29, 0.717) is 17.3 Å². The van der Waals surface area contributed by atoms with Gasteiger partial charge in [-0.1, -0.05) is 23.7 Å². The summed E-state index contributed by atoms with van der Waals surface area (Å²) in [6.07, 6.45) is 0. The van der Waals surface area contributed by atoms with Crippen LogP contribution in [-0.2, 0) is 11.3 Å². The highest BCUT2D eigenvalue weighted by Gasteiger charge is 2.19. The van der Waals surface area contributed by atoms with Gasteiger partial charge in [-0.15, -0.1) is 0 Å². The largest absolute Gasteiger partial charge is 0.493 e. The molecular formula is C19H21ClF2N2O3. The van der Waals surface area contributed by atoms with Gasteiger partial charge >= 0.3 is 6.61 Å². The third kappa shape index (κ3) is 6.08. The number of alkyl halides is 2. The SMILES string of the molecule is COc1cc(CN(C)[C@H](C)C(=O)Nc2cccc(Cl)c2)ccc1OC(F)F. The lowest BCUT2D eigenvalue weighted by Crippen LogP contribution is -2.39. The van der Waals surface area contributed by atoms with Gasteiger partial charge in [0.25, 0.3) is 0 Å². The van der Waals surface area contributed by atoms with Crippen molar-refractivity contribution in [2.45, 2.75) is 26.1 Å². The minimum absolute atomic E-state index is 0.0364. The average Bonchev–Trinajstić information content (AvgIpc) is 2.61. The predicted octanol–water partition coefficient (Wildman–Crippen LogP) is 4.41. The normalized spacial score (nSPS) is 12.1. The molecule has 2 aromatic carbocycles. The number of hydrogen-bond acceptors (Lipinski definition) is 4. The second kappa shape index (κ2) is 9.53. The fraction of sp³-hybridized carbons (Fsp3) is 0.316. The number of methoxy groups -OCH3 is 1. The van der Waals surface area contributed by atoms with Crippen molar-refractivity contribution in [1.82, 2.24) is 4.90 Å². The second-order valence-electron chi connectivity index (χ2n) is 5.95. The summed E-state index contributed by atoms with van der Waals surface area (Å²) < 4.78 is 34.3. The molecule has 8 heteroatoms. The summed E-state index contributed by atoms with van der Waals surface area (Å²) >= 11 is 5.92. The smallest absolute Gasteiger partial charge is 0.387 e. The molecule has 0 saturated heterocycles. The van der Waals surface area contributed by atoms with Crippen molar-refractivity contribution in [2.75, 3.05) is 19.5 Å². The molecule has 0 aliphatic carbocycles. The lowest BCUT2D eigenvalue weighted by atomic mass is 10.1. The number of carbonyl (C=O) groups is 1. The highest BCUT2D eigenvalue weighted by molar-refractivity contribution is 6.30. The van der Waals surface area contributed by atoms with Crippen molar-refractivity contribution in [2.24, 2.45) is 0 Å². The van der Waals surface area contributed by atoms with Crippen LogP contribution in [0.2, 0.25) is 5.02 Å². The van der Waals surface area contributed by atoms with Crippen LogP contribution in [0, 0.1) is 0 Å². The molecule has 0 bridgehead atoms. The third-order valence-corrected chi connectivity index (χ3v) is 4.24. The van der Waals surface area contributed by atoms with Crippen LogP contribution in [0.15, 0.2) is 42.5 Å². The minimum atomic E-state index is -2.93. The third-order valence-electron chi connectivity index (χ3n) is 4.01. The summed E-state index contributed by atoms with van der Waals surface area (Å²) in [6, 6.07) is 11.1. The highest BCUT2D eigenvalue weighted by Crippen LogP contribution is 2.30. The summed E-state index contributed by atoms with van der Waals surface area (Å²) in [5.74, 6) is -0.0210. The van der Waals surface area contributed by atoms with Gasteiger partial charge < -0.3 is 14.8 Å². The maximum Gasteiger partial charge on any atom is 0.387 e. The quantitative estimate of drug-likeness (QED) is 0.715. The summed E-state index contributed by atoms with van der Waals surface area (Å²) in [5.41, 5.74) is 1.40. The number of benzene rings is 2. The Morgan fingerprint density at radius 3 is 2.59 bits per heavy atom. The number of halogens is 3. The number of carbonyl (C=O) groups excluding carboxylic acids is 1. The molecule has 0 heterocycles. The number of rotatable bonds is 8. The molecule has 0 spiro atoms. The minimum Gasteiger partial charge on any atom is -0.493 e. The Labute approximate surface area is 161 Å². The first-order valence-electron chi connectivity index (χ1n) is 8.18. The summed E-state index contributed by atoms with van der Waals surface area (Å²) in [5, 5.41) is 3.34. The zero-order valence-electron chi connectivity index (χ0n) is 15.2. The Morgan fingerprint density at radius 1 is 1.22 bits per heavy atom. The van der Waals surface area contributed by atoms with Crippen molar-refractivity contribution >= 4 is 23.2 Å². The molecule has 5 nitrogen and oxygen atoms in total. The van der Waals surface area contributed by atoms with Crippen molar-refractivity contribution in [3.8, 4) is 11.5 Å². The lowest BCUT2D eigenvalue weighted by molar-refractivity contribution is -0.120. The molecule has 146 valence electrons. The highest BCUT2D eigenvalue weighted by atomic mass is 35.5. The Kier molecular flexibility index (Phi) is 7.38. The molecule has 1 N–H and O–H groups in total. The lowest BCUT2D eigenvalue weighted by Gasteiger charge is -2.24. The van der Waals surface area contributed by atoms with Gasteiger partial charge in [0.1, 0.15) is 0 Å². The van der Waals surface area contributed by atoms with Crippen LogP contribution < -0.4 is 14.8 Å². The number of amides is 1. The molecule has 2 aromatic rings. The number of nitrogens with zero attached hydrogens (tertiary/aromatic N) is 1. The van der Waals surface area contributed by atoms with E-state index in [1.807, 2.05) is 4.90 Å². The summed E-state index contributed by atoms with van der Waals surface area (Å²) in [6.45, 7) is -0.747. The van der Waals surface area contributed by atoms with Gasteiger partial charge in [0.15, 0.2) is 11.5 Å². The first-order chi connectivity index (χ1) is 12.8. The van der Waals surface area contributed by atoms with Gasteiger partial charge in [-0.3, -0.25) is 9.69 Å². The van der Waals surface area contributed by atoms with E-state index in [-0.39, 0.29) is 17.4 Å². The Balaban J connectivity index is 2.02. The van der Waals surface area contributed by atoms with E-state index < -0.39 is 12.7 Å². The molecule has 0 aliphatic heterocycles. The first kappa shape index (κ1) is 20.9. The maximum absolute atomic E-state index is 12.4. The summed E-state index contributed by atoms with van der Waals surface area (Å²) in [4.78, 5) is 14.3. The molecule has 0 aliphatic rings. The number of anilines is 1. The van der Waals surface area contributed by atoms with E-state index in [2.05, 4.69) is 10.1 Å². The van der Waals surface area contributed by atoms with Gasteiger partial charge in [-0.2, -0.15) is 8.78 Å². The van der Waals surface area contributed by atoms with Crippen molar-refractivity contribution < 1.29 is 23.0 Å². The fourth-order valence-electron chi connectivity index (χ4n) is 2.44. The summed E-state index contributed by atoms with van der Waals surface area (Å²) in [7, 11) is 3.17. The first-order valence-corrected chi connectivity index (χ1v) is 8.56. The van der Waals surface area contributed by atoms with Crippen LogP contribution in [-0.4, -0.2) is 37.6 Å². The van der Waals surface area contributed by atoms with Crippen LogP contribution >= 0.6 is 11.6 Å². The van der Waals surface area contributed by atoms with Gasteiger partial charge in [0.2, 0.25) is 5.91 Å². The Bertz CT molecular complexity index is 789. The number of hydrogen-bond donors (Lipinski definition) is 1. The van der Waals surface area contributed by atoms with Gasteiger partial charge in [-0.25, -0.2) is 0 Å². The zero-order valence-corrected chi connectivity index (χ0v) is 16.0. The monoisotopic (exact) mass is 398 g/mol. The molecular weight excluding hydrogens is 378 g/mol. The molecule has 0 fully saturated rings. The average molecular weight is 399 g/mol. The molecule has 2 rings (SSSR count). The van der Waals surface area contributed by atoms with Crippen molar-refractivity contribution in [3.63, 3.8) is 0 Å². The maximum atomic E-state index is 12.4. The Morgan fingerprint density at radius 2 is 1.96 bits per heavy atom. The second-order valence-corrected chi connectivity index (χ2v) is 6.39. The van der Waals surface area contributed by atoms with E-state index in [9.17, 15) is 13.6 Å². The van der Waals surface area contributed by atoms with Crippen LogP contribution in [0.25, 0.3) is 0 Å². The number of nitrogens with one attached hydrogen (secondary N) is 1. The Hall–Kier alpha value is -2.38. The molecule has 1 amide bonds. The van der Waals surface area contributed by atoms with Crippen molar-refractivity contribution in [1.29, 1.82) is 0 Å². The van der Waals surface area contributed by atoms with E-state index in [1.165, 1.54) is 13.2 Å². The van der Waals surface area contributed by atoms with E-state index >= 15 is 0 Å². The van der Waals surface area contributed by atoms with Crippen LogP contribution in [0.1, 0.15) is 12.5 Å². The van der Waals surface area contributed by atoms with Crippen LogP contribution in [0.4, 0.5) is 14.5 Å². The molecule has 0 radical (unpaired) electrons. The fourth-order valence-corrected chi connectivity index (χ4v) is 2.63. The van der Waals surface area contributed by atoms with E-state index in [1.54, 1.807) is 50.4 Å². The molecule has 0 unspecified atom stereocenters. The molecule has 0 saturated carbocycles. The van der Waals surface area contributed by atoms with E-state index in [0.717, 1.165) is 5.56 Å². The van der Waals surface area contributed by atoms with Crippen LogP contribution in [0.5, 0.6) is 11.5 Å². The number of likely N-dealkylation sites (N-methyl/N-ethyl adjacent to an activating group) is 1.